The third-order valence-electron chi connectivity index (χ3n) is 3.12. The van der Waals surface area contributed by atoms with E-state index in [2.05, 4.69) is 5.32 Å². The molecule has 6 heteroatoms. The second kappa shape index (κ2) is 7.12. The van der Waals surface area contributed by atoms with Gasteiger partial charge in [0.15, 0.2) is 0 Å². The van der Waals surface area contributed by atoms with Crippen molar-refractivity contribution >= 4 is 11.7 Å². The Morgan fingerprint density at radius 2 is 2.40 bits per heavy atom. The predicted octanol–water partition coefficient (Wildman–Crippen LogP) is 0.813. The van der Waals surface area contributed by atoms with Crippen molar-refractivity contribution in [3.63, 3.8) is 0 Å². The molecule has 1 saturated heterocycles. The van der Waals surface area contributed by atoms with Gasteiger partial charge in [0.05, 0.1) is 26.4 Å². The van der Waals surface area contributed by atoms with E-state index >= 15 is 0 Å². The molecular weight excluding hydrogens is 260 g/mol. The van der Waals surface area contributed by atoms with Gasteiger partial charge in [0.25, 0.3) is 0 Å². The van der Waals surface area contributed by atoms with Gasteiger partial charge in [-0.1, -0.05) is 0 Å². The van der Waals surface area contributed by atoms with E-state index in [1.54, 1.807) is 18.2 Å². The molecule has 20 heavy (non-hydrogen) atoms. The summed E-state index contributed by atoms with van der Waals surface area (Å²) in [5.41, 5.74) is 6.57. The first-order valence-electron chi connectivity index (χ1n) is 6.63. The number of carbonyl (C=O) groups is 1. The maximum atomic E-state index is 12.0. The molecule has 0 aromatic heterocycles. The number of esters is 1. The average molecular weight is 280 g/mol. The van der Waals surface area contributed by atoms with E-state index in [9.17, 15) is 4.79 Å². The Hall–Kier alpha value is -1.79. The molecule has 1 unspecified atom stereocenters. The summed E-state index contributed by atoms with van der Waals surface area (Å²) in [4.78, 5) is 12.0. The minimum Gasteiger partial charge on any atom is -0.496 e. The van der Waals surface area contributed by atoms with Crippen molar-refractivity contribution in [2.45, 2.75) is 12.5 Å². The number of nitrogen functional groups attached to an aromatic ring is 1. The van der Waals surface area contributed by atoms with Crippen molar-refractivity contribution in [1.29, 1.82) is 0 Å². The zero-order valence-electron chi connectivity index (χ0n) is 11.6. The lowest BCUT2D eigenvalue weighted by atomic mass is 10.2. The second-order valence-electron chi connectivity index (χ2n) is 4.58. The van der Waals surface area contributed by atoms with Crippen LogP contribution in [0.3, 0.4) is 0 Å². The van der Waals surface area contributed by atoms with Gasteiger partial charge in [0.1, 0.15) is 11.3 Å². The van der Waals surface area contributed by atoms with E-state index in [0.717, 1.165) is 13.1 Å². The number of nitrogens with two attached hydrogens (primary N) is 1. The first-order chi connectivity index (χ1) is 9.70. The lowest BCUT2D eigenvalue weighted by molar-refractivity contribution is 0.00498. The van der Waals surface area contributed by atoms with Gasteiger partial charge in [-0.05, 0) is 12.1 Å². The normalized spacial score (nSPS) is 18.6. The molecule has 1 aromatic carbocycles. The molecule has 2 rings (SSSR count). The van der Waals surface area contributed by atoms with Crippen LogP contribution in [0.25, 0.3) is 0 Å². The van der Waals surface area contributed by atoms with Crippen molar-refractivity contribution in [3.05, 3.63) is 23.8 Å². The fourth-order valence-corrected chi connectivity index (χ4v) is 2.04. The highest BCUT2D eigenvalue weighted by Gasteiger charge is 2.16. The van der Waals surface area contributed by atoms with Crippen LogP contribution in [-0.2, 0) is 9.47 Å². The Kier molecular flexibility index (Phi) is 5.20. The third-order valence-corrected chi connectivity index (χ3v) is 3.12. The molecule has 110 valence electrons. The van der Waals surface area contributed by atoms with Crippen LogP contribution >= 0.6 is 0 Å². The SMILES string of the molecule is COc1cc(N)ccc1C(=O)OCCC1CNCCO1. The lowest BCUT2D eigenvalue weighted by Crippen LogP contribution is -2.39. The average Bonchev–Trinajstić information content (AvgIpc) is 2.48. The number of ether oxygens (including phenoxy) is 3. The Bertz CT molecular complexity index is 458. The Balaban J connectivity index is 1.85. The topological polar surface area (TPSA) is 82.8 Å². The van der Waals surface area contributed by atoms with E-state index in [0.29, 0.717) is 36.6 Å². The molecule has 1 atom stereocenters. The second-order valence-corrected chi connectivity index (χ2v) is 4.58. The molecule has 0 spiro atoms. The minimum atomic E-state index is -0.411. The number of morpholine rings is 1. The number of carbonyl (C=O) groups excluding carboxylic acids is 1. The number of rotatable bonds is 5. The van der Waals surface area contributed by atoms with Gasteiger partial charge in [-0.25, -0.2) is 4.79 Å². The van der Waals surface area contributed by atoms with E-state index in [-0.39, 0.29) is 6.10 Å². The first-order valence-corrected chi connectivity index (χ1v) is 6.63. The summed E-state index contributed by atoms with van der Waals surface area (Å²) in [7, 11) is 1.49. The summed E-state index contributed by atoms with van der Waals surface area (Å²) < 4.78 is 15.9. The quantitative estimate of drug-likeness (QED) is 0.613. The van der Waals surface area contributed by atoms with Crippen molar-refractivity contribution in [2.24, 2.45) is 0 Å². The molecule has 3 N–H and O–H groups in total. The molecule has 1 aliphatic rings. The van der Waals surface area contributed by atoms with Crippen LogP contribution in [0.4, 0.5) is 5.69 Å². The summed E-state index contributed by atoms with van der Waals surface area (Å²) >= 11 is 0. The number of anilines is 1. The maximum Gasteiger partial charge on any atom is 0.341 e. The fourth-order valence-electron chi connectivity index (χ4n) is 2.04. The van der Waals surface area contributed by atoms with Crippen molar-refractivity contribution in [1.82, 2.24) is 5.32 Å². The molecule has 0 radical (unpaired) electrons. The first kappa shape index (κ1) is 14.6. The number of benzene rings is 1. The number of hydrogen-bond acceptors (Lipinski definition) is 6. The van der Waals surface area contributed by atoms with Gasteiger partial charge >= 0.3 is 5.97 Å². The van der Waals surface area contributed by atoms with E-state index in [1.165, 1.54) is 7.11 Å². The highest BCUT2D eigenvalue weighted by atomic mass is 16.5. The van der Waals surface area contributed by atoms with Gasteiger partial charge in [0.2, 0.25) is 0 Å². The monoisotopic (exact) mass is 280 g/mol. The molecule has 1 heterocycles. The van der Waals surface area contributed by atoms with Crippen molar-refractivity contribution in [3.8, 4) is 5.75 Å². The van der Waals surface area contributed by atoms with Crippen LogP contribution in [0, 0.1) is 0 Å². The largest absolute Gasteiger partial charge is 0.496 e. The minimum absolute atomic E-state index is 0.102. The van der Waals surface area contributed by atoms with Crippen LogP contribution in [0.5, 0.6) is 5.75 Å². The number of methoxy groups -OCH3 is 1. The standard InChI is InChI=1S/C14H20N2O4/c1-18-13-8-10(15)2-3-12(13)14(17)20-6-4-11-9-16-5-7-19-11/h2-3,8,11,16H,4-7,9,15H2,1H3. The molecule has 1 fully saturated rings. The van der Waals surface area contributed by atoms with E-state index in [1.807, 2.05) is 0 Å². The fraction of sp³-hybridized carbons (Fsp3) is 0.500. The molecular formula is C14H20N2O4. The Morgan fingerprint density at radius 1 is 1.55 bits per heavy atom. The zero-order chi connectivity index (χ0) is 14.4. The van der Waals surface area contributed by atoms with Crippen molar-refractivity contribution < 1.29 is 19.0 Å². The molecule has 0 amide bonds. The molecule has 0 aliphatic carbocycles. The highest BCUT2D eigenvalue weighted by Crippen LogP contribution is 2.22. The Labute approximate surface area is 118 Å². The van der Waals surface area contributed by atoms with Crippen molar-refractivity contribution in [2.75, 3.05) is 39.1 Å². The predicted molar refractivity (Wildman–Crippen MR) is 74.9 cm³/mol. The third kappa shape index (κ3) is 3.85. The van der Waals surface area contributed by atoms with Crippen LogP contribution in [0.2, 0.25) is 0 Å². The smallest absolute Gasteiger partial charge is 0.341 e. The molecule has 0 saturated carbocycles. The molecule has 1 aliphatic heterocycles. The summed E-state index contributed by atoms with van der Waals surface area (Å²) in [6.07, 6.45) is 0.778. The number of hydrogen-bond donors (Lipinski definition) is 2. The Morgan fingerprint density at radius 3 is 3.10 bits per heavy atom. The van der Waals surface area contributed by atoms with E-state index < -0.39 is 5.97 Å². The maximum absolute atomic E-state index is 12.0. The van der Waals surface area contributed by atoms with Gasteiger partial charge in [-0.15, -0.1) is 0 Å². The summed E-state index contributed by atoms with van der Waals surface area (Å²) in [5.74, 6) is 0.0104. The molecule has 6 nitrogen and oxygen atoms in total. The van der Waals surface area contributed by atoms with Crippen LogP contribution in [-0.4, -0.2) is 45.5 Å². The molecule has 1 aromatic rings. The van der Waals surface area contributed by atoms with Gasteiger partial charge < -0.3 is 25.3 Å². The zero-order valence-corrected chi connectivity index (χ0v) is 11.6. The lowest BCUT2D eigenvalue weighted by Gasteiger charge is -2.23. The summed E-state index contributed by atoms with van der Waals surface area (Å²) in [6, 6.07) is 4.85. The van der Waals surface area contributed by atoms with Crippen LogP contribution < -0.4 is 15.8 Å². The van der Waals surface area contributed by atoms with Gasteiger partial charge in [0, 0.05) is 31.3 Å². The van der Waals surface area contributed by atoms with Gasteiger partial charge in [-0.2, -0.15) is 0 Å². The van der Waals surface area contributed by atoms with Crippen LogP contribution in [0.1, 0.15) is 16.8 Å². The van der Waals surface area contributed by atoms with Crippen LogP contribution in [0.15, 0.2) is 18.2 Å². The highest BCUT2D eigenvalue weighted by molar-refractivity contribution is 5.93. The summed E-state index contributed by atoms with van der Waals surface area (Å²) in [6.45, 7) is 2.69. The van der Waals surface area contributed by atoms with E-state index in [4.69, 9.17) is 19.9 Å². The number of nitrogens with one attached hydrogen (secondary N) is 1. The summed E-state index contributed by atoms with van der Waals surface area (Å²) in [5, 5.41) is 3.23. The molecule has 0 bridgehead atoms. The van der Waals surface area contributed by atoms with Gasteiger partial charge in [-0.3, -0.25) is 0 Å².